The van der Waals surface area contributed by atoms with E-state index in [2.05, 4.69) is 9.97 Å². The number of carboxylic acid groups (broad SMARTS) is 1. The highest BCUT2D eigenvalue weighted by molar-refractivity contribution is 5.88. The van der Waals surface area contributed by atoms with Crippen LogP contribution in [-0.4, -0.2) is 30.2 Å². The Morgan fingerprint density at radius 3 is 2.48 bits per heavy atom. The van der Waals surface area contributed by atoms with E-state index >= 15 is 0 Å². The Morgan fingerprint density at radius 1 is 1.24 bits per heavy atom. The van der Waals surface area contributed by atoms with Crippen LogP contribution >= 0.6 is 0 Å². The zero-order chi connectivity index (χ0) is 18.3. The fourth-order valence-corrected chi connectivity index (χ4v) is 2.82. The second-order valence-electron chi connectivity index (χ2n) is 5.36. The minimum atomic E-state index is -1.37. The maximum atomic E-state index is 14.0. The predicted octanol–water partition coefficient (Wildman–Crippen LogP) is 1.43. The summed E-state index contributed by atoms with van der Waals surface area (Å²) >= 11 is 0. The monoisotopic (exact) mass is 346 g/mol. The van der Waals surface area contributed by atoms with E-state index in [0.717, 1.165) is 12.1 Å². The number of aromatic amines is 1. The largest absolute Gasteiger partial charge is 0.478 e. The topological polar surface area (TPSA) is 110 Å². The number of fused-ring (bicyclic) bond motifs is 1. The maximum absolute atomic E-state index is 14.0. The zero-order valence-corrected chi connectivity index (χ0v) is 13.5. The molecule has 2 heterocycles. The quantitative estimate of drug-likeness (QED) is 0.742. The number of aryl methyl sites for hydroxylation is 2. The van der Waals surface area contributed by atoms with E-state index < -0.39 is 28.6 Å². The molecule has 25 heavy (non-hydrogen) atoms. The van der Waals surface area contributed by atoms with Crippen LogP contribution in [0.15, 0.2) is 27.8 Å². The Bertz CT molecular complexity index is 1110. The summed E-state index contributed by atoms with van der Waals surface area (Å²) in [6, 6.07) is 3.62. The molecule has 0 unspecified atom stereocenters. The average Bonchev–Trinajstić information content (AvgIpc) is 2.94. The molecule has 130 valence electrons. The number of hydrogen-bond donors (Lipinski definition) is 2. The van der Waals surface area contributed by atoms with Gasteiger partial charge in [-0.2, -0.15) is 0 Å². The van der Waals surface area contributed by atoms with Crippen LogP contribution in [0.25, 0.3) is 22.6 Å². The van der Waals surface area contributed by atoms with Crippen molar-refractivity contribution in [2.45, 2.75) is 26.9 Å². The lowest BCUT2D eigenvalue weighted by molar-refractivity contribution is 0.0692. The Hall–Kier alpha value is -3.23. The SMILES string of the molecule is CCn1c(-c2ccc(C(=O)O)c(F)c2)nc2c1c(=O)[nH]c(=O)n2CC. The summed E-state index contributed by atoms with van der Waals surface area (Å²) in [7, 11) is 0. The Morgan fingerprint density at radius 2 is 1.92 bits per heavy atom. The number of hydrogen-bond acceptors (Lipinski definition) is 4. The summed E-state index contributed by atoms with van der Waals surface area (Å²) in [5, 5.41) is 8.93. The minimum Gasteiger partial charge on any atom is -0.478 e. The number of carboxylic acids is 1. The number of rotatable bonds is 4. The molecule has 0 radical (unpaired) electrons. The second kappa shape index (κ2) is 6.00. The molecule has 0 saturated carbocycles. The average molecular weight is 346 g/mol. The molecule has 0 saturated heterocycles. The van der Waals surface area contributed by atoms with E-state index in [1.807, 2.05) is 0 Å². The smallest absolute Gasteiger partial charge is 0.338 e. The summed E-state index contributed by atoms with van der Waals surface area (Å²) in [6.07, 6.45) is 0. The highest BCUT2D eigenvalue weighted by Crippen LogP contribution is 2.24. The van der Waals surface area contributed by atoms with Gasteiger partial charge in [-0.05, 0) is 26.0 Å². The molecule has 0 bridgehead atoms. The predicted molar refractivity (Wildman–Crippen MR) is 88.3 cm³/mol. The number of nitrogens with zero attached hydrogens (tertiary/aromatic N) is 3. The molecule has 3 rings (SSSR count). The molecule has 9 heteroatoms. The summed E-state index contributed by atoms with van der Waals surface area (Å²) in [5.41, 5.74) is -0.869. The first-order chi connectivity index (χ1) is 11.9. The number of carbonyl (C=O) groups is 1. The molecule has 1 aromatic carbocycles. The van der Waals surface area contributed by atoms with Gasteiger partial charge in [0.1, 0.15) is 11.6 Å². The van der Waals surface area contributed by atoms with Crippen molar-refractivity contribution in [3.8, 4) is 11.4 Å². The van der Waals surface area contributed by atoms with Crippen LogP contribution in [0.5, 0.6) is 0 Å². The highest BCUT2D eigenvalue weighted by atomic mass is 19.1. The minimum absolute atomic E-state index is 0.204. The lowest BCUT2D eigenvalue weighted by atomic mass is 10.1. The molecular formula is C16H15FN4O4. The van der Waals surface area contributed by atoms with Gasteiger partial charge < -0.3 is 9.67 Å². The van der Waals surface area contributed by atoms with Crippen molar-refractivity contribution in [1.82, 2.24) is 19.1 Å². The lowest BCUT2D eigenvalue weighted by Gasteiger charge is -2.06. The van der Waals surface area contributed by atoms with Crippen molar-refractivity contribution < 1.29 is 14.3 Å². The third kappa shape index (κ3) is 2.53. The van der Waals surface area contributed by atoms with Gasteiger partial charge in [0.25, 0.3) is 5.56 Å². The van der Waals surface area contributed by atoms with E-state index in [9.17, 15) is 18.8 Å². The number of nitrogens with one attached hydrogen (secondary N) is 1. The fourth-order valence-electron chi connectivity index (χ4n) is 2.82. The van der Waals surface area contributed by atoms with Crippen LogP contribution in [0.4, 0.5) is 4.39 Å². The fraction of sp³-hybridized carbons (Fsp3) is 0.250. The molecule has 0 aliphatic rings. The molecule has 0 atom stereocenters. The number of aromatic carboxylic acids is 1. The normalized spacial score (nSPS) is 11.2. The number of H-pyrrole nitrogens is 1. The third-order valence-corrected chi connectivity index (χ3v) is 3.98. The molecule has 3 aromatic rings. The van der Waals surface area contributed by atoms with Crippen LogP contribution in [0, 0.1) is 5.82 Å². The molecule has 0 fully saturated rings. The lowest BCUT2D eigenvalue weighted by Crippen LogP contribution is -2.30. The van der Waals surface area contributed by atoms with Gasteiger partial charge in [0, 0.05) is 18.7 Å². The van der Waals surface area contributed by atoms with Gasteiger partial charge in [0.2, 0.25) is 0 Å². The van der Waals surface area contributed by atoms with Crippen LogP contribution in [-0.2, 0) is 13.1 Å². The molecule has 0 aliphatic heterocycles. The number of imidazole rings is 1. The first-order valence-electron chi connectivity index (χ1n) is 7.65. The zero-order valence-electron chi connectivity index (χ0n) is 13.5. The van der Waals surface area contributed by atoms with Crippen LogP contribution in [0.2, 0.25) is 0 Å². The number of aromatic nitrogens is 4. The van der Waals surface area contributed by atoms with Gasteiger partial charge in [-0.25, -0.2) is 19.0 Å². The standard InChI is InChI=1S/C16H15FN4O4/c1-3-20-11-13(21(4-2)16(25)19-14(11)22)18-12(20)8-5-6-9(15(23)24)10(17)7-8/h5-7H,3-4H2,1-2H3,(H,23,24)(H,19,22,25). The van der Waals surface area contributed by atoms with Crippen molar-refractivity contribution in [2.24, 2.45) is 0 Å². The first kappa shape index (κ1) is 16.6. The van der Waals surface area contributed by atoms with E-state index in [-0.39, 0.29) is 17.0 Å². The van der Waals surface area contributed by atoms with E-state index in [0.29, 0.717) is 18.7 Å². The third-order valence-electron chi connectivity index (χ3n) is 3.98. The van der Waals surface area contributed by atoms with Crippen LogP contribution < -0.4 is 11.2 Å². The Kier molecular flexibility index (Phi) is 3.99. The summed E-state index contributed by atoms with van der Waals surface area (Å²) in [5.74, 6) is -1.99. The van der Waals surface area contributed by atoms with Gasteiger partial charge in [0.15, 0.2) is 11.2 Å². The molecule has 2 N–H and O–H groups in total. The Balaban J connectivity index is 2.36. The molecule has 2 aromatic heterocycles. The van der Waals surface area contributed by atoms with Crippen molar-refractivity contribution in [2.75, 3.05) is 0 Å². The van der Waals surface area contributed by atoms with Crippen molar-refractivity contribution in [3.05, 3.63) is 50.4 Å². The first-order valence-corrected chi connectivity index (χ1v) is 7.65. The summed E-state index contributed by atoms with van der Waals surface area (Å²) in [4.78, 5) is 41.7. The van der Waals surface area contributed by atoms with Gasteiger partial charge in [-0.3, -0.25) is 14.3 Å². The van der Waals surface area contributed by atoms with E-state index in [1.165, 1.54) is 10.6 Å². The van der Waals surface area contributed by atoms with Crippen LogP contribution in [0.3, 0.4) is 0 Å². The molecular weight excluding hydrogens is 331 g/mol. The molecule has 0 spiro atoms. The molecule has 8 nitrogen and oxygen atoms in total. The second-order valence-corrected chi connectivity index (χ2v) is 5.36. The van der Waals surface area contributed by atoms with Gasteiger partial charge >= 0.3 is 11.7 Å². The van der Waals surface area contributed by atoms with Gasteiger partial charge in [0.05, 0.1) is 5.56 Å². The van der Waals surface area contributed by atoms with E-state index in [1.54, 1.807) is 18.4 Å². The Labute approximate surface area is 140 Å². The van der Waals surface area contributed by atoms with Crippen molar-refractivity contribution >= 4 is 17.1 Å². The van der Waals surface area contributed by atoms with Crippen molar-refractivity contribution in [3.63, 3.8) is 0 Å². The number of benzene rings is 1. The van der Waals surface area contributed by atoms with E-state index in [4.69, 9.17) is 5.11 Å². The molecule has 0 amide bonds. The van der Waals surface area contributed by atoms with Gasteiger partial charge in [-0.1, -0.05) is 6.07 Å². The number of halogens is 1. The molecule has 0 aliphatic carbocycles. The van der Waals surface area contributed by atoms with Gasteiger partial charge in [-0.15, -0.1) is 0 Å². The summed E-state index contributed by atoms with van der Waals surface area (Å²) < 4.78 is 16.9. The van der Waals surface area contributed by atoms with Crippen LogP contribution in [0.1, 0.15) is 24.2 Å². The highest BCUT2D eigenvalue weighted by Gasteiger charge is 2.20. The summed E-state index contributed by atoms with van der Waals surface area (Å²) in [6.45, 7) is 4.19. The maximum Gasteiger partial charge on any atom is 0.338 e. The van der Waals surface area contributed by atoms with Crippen molar-refractivity contribution in [1.29, 1.82) is 0 Å².